The van der Waals surface area contributed by atoms with Gasteiger partial charge in [0.25, 0.3) is 5.91 Å². The molecule has 0 saturated carbocycles. The summed E-state index contributed by atoms with van der Waals surface area (Å²) in [7, 11) is 0. The van der Waals surface area contributed by atoms with Gasteiger partial charge in [-0.1, -0.05) is 12.1 Å². The van der Waals surface area contributed by atoms with Crippen LogP contribution in [0.1, 0.15) is 38.5 Å². The second-order valence-electron chi connectivity index (χ2n) is 5.99. The molecule has 1 unspecified atom stereocenters. The number of carbonyl (C=O) groups is 2. The summed E-state index contributed by atoms with van der Waals surface area (Å²) in [6.45, 7) is 3.48. The number of carbonyl (C=O) groups excluding carboxylic acids is 1. The number of carboxylic acids is 1. The zero-order valence-corrected chi connectivity index (χ0v) is 14.3. The summed E-state index contributed by atoms with van der Waals surface area (Å²) in [6.07, 6.45) is 3.05. The SMILES string of the molecule is Cc1ccc(CNC(=O)c2cnc(C(=O)O)cn2)c(OC2CCOC2)c1. The van der Waals surface area contributed by atoms with E-state index >= 15 is 0 Å². The largest absolute Gasteiger partial charge is 0.488 e. The maximum absolute atomic E-state index is 12.2. The van der Waals surface area contributed by atoms with Crippen LogP contribution >= 0.6 is 0 Å². The number of hydrogen-bond acceptors (Lipinski definition) is 6. The molecule has 26 heavy (non-hydrogen) atoms. The highest BCUT2D eigenvalue weighted by molar-refractivity contribution is 5.92. The van der Waals surface area contributed by atoms with E-state index in [1.54, 1.807) is 0 Å². The van der Waals surface area contributed by atoms with Gasteiger partial charge in [-0.2, -0.15) is 0 Å². The summed E-state index contributed by atoms with van der Waals surface area (Å²) in [4.78, 5) is 30.5. The molecule has 2 N–H and O–H groups in total. The first-order valence-electron chi connectivity index (χ1n) is 8.20. The smallest absolute Gasteiger partial charge is 0.356 e. The predicted molar refractivity (Wildman–Crippen MR) is 91.2 cm³/mol. The summed E-state index contributed by atoms with van der Waals surface area (Å²) < 4.78 is 11.3. The van der Waals surface area contributed by atoms with Crippen molar-refractivity contribution in [1.82, 2.24) is 15.3 Å². The molecule has 1 amide bonds. The lowest BCUT2D eigenvalue weighted by molar-refractivity contribution is 0.0689. The fourth-order valence-corrected chi connectivity index (χ4v) is 2.52. The average molecular weight is 357 g/mol. The zero-order valence-electron chi connectivity index (χ0n) is 14.3. The van der Waals surface area contributed by atoms with E-state index in [1.807, 2.05) is 25.1 Å². The molecule has 1 saturated heterocycles. The molecule has 3 rings (SSSR count). The third-order valence-electron chi connectivity index (χ3n) is 3.95. The van der Waals surface area contributed by atoms with Gasteiger partial charge >= 0.3 is 5.97 Å². The average Bonchev–Trinajstić information content (AvgIpc) is 3.14. The Balaban J connectivity index is 1.66. The van der Waals surface area contributed by atoms with Crippen LogP contribution in [0.3, 0.4) is 0 Å². The summed E-state index contributed by atoms with van der Waals surface area (Å²) in [5, 5.41) is 11.6. The van der Waals surface area contributed by atoms with E-state index in [0.29, 0.717) is 19.0 Å². The molecule has 0 bridgehead atoms. The minimum absolute atomic E-state index is 0.0145. The third-order valence-corrected chi connectivity index (χ3v) is 3.95. The number of aromatic carboxylic acids is 1. The molecule has 1 atom stereocenters. The zero-order chi connectivity index (χ0) is 18.5. The van der Waals surface area contributed by atoms with E-state index in [1.165, 1.54) is 0 Å². The number of rotatable bonds is 6. The number of aromatic nitrogens is 2. The molecule has 1 fully saturated rings. The van der Waals surface area contributed by atoms with Crippen molar-refractivity contribution in [1.29, 1.82) is 0 Å². The molecule has 8 nitrogen and oxygen atoms in total. The standard InChI is InChI=1S/C18H19N3O5/c1-11-2-3-12(16(6-11)26-13-4-5-25-10-13)7-21-17(22)14-8-20-15(9-19-14)18(23)24/h2-3,6,8-9,13H,4-5,7,10H2,1H3,(H,21,22)(H,23,24). The van der Waals surface area contributed by atoms with Crippen molar-refractivity contribution in [3.8, 4) is 5.75 Å². The van der Waals surface area contributed by atoms with Gasteiger partial charge in [0.05, 0.1) is 25.6 Å². The van der Waals surface area contributed by atoms with Crippen LogP contribution in [0, 0.1) is 6.92 Å². The molecule has 1 aromatic heterocycles. The first kappa shape index (κ1) is 17.8. The maximum Gasteiger partial charge on any atom is 0.356 e. The van der Waals surface area contributed by atoms with Crippen LogP contribution in [0.15, 0.2) is 30.6 Å². The van der Waals surface area contributed by atoms with Crippen LogP contribution in [0.4, 0.5) is 0 Å². The van der Waals surface area contributed by atoms with E-state index in [0.717, 1.165) is 29.9 Å². The van der Waals surface area contributed by atoms with Crippen molar-refractivity contribution >= 4 is 11.9 Å². The van der Waals surface area contributed by atoms with Crippen molar-refractivity contribution in [2.24, 2.45) is 0 Å². The Labute approximate surface area is 150 Å². The molecular weight excluding hydrogens is 338 g/mol. The molecule has 1 aliphatic heterocycles. The lowest BCUT2D eigenvalue weighted by atomic mass is 10.1. The minimum atomic E-state index is -1.19. The number of nitrogens with one attached hydrogen (secondary N) is 1. The van der Waals surface area contributed by atoms with Gasteiger partial charge in [-0.3, -0.25) is 4.79 Å². The number of ether oxygens (including phenoxy) is 2. The summed E-state index contributed by atoms with van der Waals surface area (Å²) in [6, 6.07) is 5.78. The normalized spacial score (nSPS) is 16.3. The van der Waals surface area contributed by atoms with Gasteiger partial charge in [0, 0.05) is 18.5 Å². The van der Waals surface area contributed by atoms with Crippen LogP contribution in [0.5, 0.6) is 5.75 Å². The van der Waals surface area contributed by atoms with Crippen LogP contribution in [0.2, 0.25) is 0 Å². The molecule has 2 aromatic rings. The summed E-state index contributed by atoms with van der Waals surface area (Å²) in [5.41, 5.74) is 1.73. The highest BCUT2D eigenvalue weighted by Gasteiger charge is 2.19. The van der Waals surface area contributed by atoms with Gasteiger partial charge in [0.15, 0.2) is 5.69 Å². The van der Waals surface area contributed by atoms with Crippen molar-refractivity contribution in [2.75, 3.05) is 13.2 Å². The minimum Gasteiger partial charge on any atom is -0.488 e. The van der Waals surface area contributed by atoms with Gasteiger partial charge in [-0.05, 0) is 18.6 Å². The second-order valence-corrected chi connectivity index (χ2v) is 5.99. The van der Waals surface area contributed by atoms with Crippen LogP contribution in [-0.4, -0.2) is 46.3 Å². The number of hydrogen-bond donors (Lipinski definition) is 2. The van der Waals surface area contributed by atoms with Crippen molar-refractivity contribution in [2.45, 2.75) is 26.0 Å². The molecule has 0 radical (unpaired) electrons. The Kier molecular flexibility index (Phi) is 5.43. The second kappa shape index (κ2) is 7.92. The monoisotopic (exact) mass is 357 g/mol. The lowest BCUT2D eigenvalue weighted by Gasteiger charge is -2.16. The Morgan fingerprint density at radius 1 is 1.31 bits per heavy atom. The van der Waals surface area contributed by atoms with Crippen LogP contribution < -0.4 is 10.1 Å². The van der Waals surface area contributed by atoms with Crippen molar-refractivity contribution in [3.05, 3.63) is 53.1 Å². The Morgan fingerprint density at radius 3 is 2.73 bits per heavy atom. The van der Waals surface area contributed by atoms with Gasteiger partial charge in [-0.15, -0.1) is 0 Å². The number of benzene rings is 1. The van der Waals surface area contributed by atoms with Gasteiger partial charge in [0.2, 0.25) is 0 Å². The maximum atomic E-state index is 12.2. The van der Waals surface area contributed by atoms with Crippen LogP contribution in [-0.2, 0) is 11.3 Å². The van der Waals surface area contributed by atoms with E-state index in [-0.39, 0.29) is 24.0 Å². The molecule has 136 valence electrons. The summed E-state index contributed by atoms with van der Waals surface area (Å²) >= 11 is 0. The molecule has 8 heteroatoms. The Bertz CT molecular complexity index is 801. The van der Waals surface area contributed by atoms with Gasteiger partial charge in [0.1, 0.15) is 17.5 Å². The van der Waals surface area contributed by atoms with Crippen molar-refractivity contribution in [3.63, 3.8) is 0 Å². The quantitative estimate of drug-likeness (QED) is 0.807. The number of nitrogens with zero attached hydrogens (tertiary/aromatic N) is 2. The fraction of sp³-hybridized carbons (Fsp3) is 0.333. The Morgan fingerprint density at radius 2 is 2.08 bits per heavy atom. The van der Waals surface area contributed by atoms with Gasteiger partial charge in [-0.25, -0.2) is 14.8 Å². The van der Waals surface area contributed by atoms with E-state index < -0.39 is 11.9 Å². The molecule has 1 aromatic carbocycles. The van der Waals surface area contributed by atoms with Crippen LogP contribution in [0.25, 0.3) is 0 Å². The topological polar surface area (TPSA) is 111 Å². The molecule has 2 heterocycles. The first-order valence-corrected chi connectivity index (χ1v) is 8.20. The number of aryl methyl sites for hydroxylation is 1. The van der Waals surface area contributed by atoms with E-state index in [4.69, 9.17) is 14.6 Å². The first-order chi connectivity index (χ1) is 12.5. The molecule has 0 spiro atoms. The highest BCUT2D eigenvalue weighted by atomic mass is 16.5. The van der Waals surface area contributed by atoms with Gasteiger partial charge < -0.3 is 19.9 Å². The predicted octanol–water partition coefficient (Wildman–Crippen LogP) is 1.58. The number of amides is 1. The third kappa shape index (κ3) is 4.34. The van der Waals surface area contributed by atoms with Crippen molar-refractivity contribution < 1.29 is 24.2 Å². The van der Waals surface area contributed by atoms with E-state index in [9.17, 15) is 9.59 Å². The molecular formula is C18H19N3O5. The van der Waals surface area contributed by atoms with E-state index in [2.05, 4.69) is 15.3 Å². The number of carboxylic acid groups (broad SMARTS) is 1. The Hall–Kier alpha value is -3.00. The lowest BCUT2D eigenvalue weighted by Crippen LogP contribution is -2.25. The molecule has 1 aliphatic rings. The fourth-order valence-electron chi connectivity index (χ4n) is 2.52. The molecule has 0 aliphatic carbocycles. The highest BCUT2D eigenvalue weighted by Crippen LogP contribution is 2.23. The summed E-state index contributed by atoms with van der Waals surface area (Å²) in [5.74, 6) is -0.917.